The molecular weight excluding hydrogens is 188 g/mol. The Hall–Kier alpha value is -0.530. The lowest BCUT2D eigenvalue weighted by molar-refractivity contribution is 0.330. The van der Waals surface area contributed by atoms with Crippen LogP contribution in [0.3, 0.4) is 0 Å². The number of hydrogen-bond acceptors (Lipinski definition) is 3. The molecule has 4 heteroatoms. The van der Waals surface area contributed by atoms with Crippen molar-refractivity contribution in [3.05, 3.63) is 0 Å². The second-order valence-corrected chi connectivity index (χ2v) is 5.47. The average molecular weight is 204 g/mol. The van der Waals surface area contributed by atoms with Gasteiger partial charge in [-0.25, -0.2) is 0 Å². The third-order valence-corrected chi connectivity index (χ3v) is 1.58. The summed E-state index contributed by atoms with van der Waals surface area (Å²) >= 11 is 0. The molecule has 0 aromatic rings. The topological polar surface area (TPSA) is 43.4 Å². The Balaban J connectivity index is 3.74. The summed E-state index contributed by atoms with van der Waals surface area (Å²) in [5.74, 6) is 5.84. The van der Waals surface area contributed by atoms with Crippen LogP contribution in [0.4, 0.5) is 0 Å². The molecule has 0 aliphatic rings. The molecule has 0 aliphatic heterocycles. The second kappa shape index (κ2) is 4.64. The SMILES string of the molecule is CC(C)(C)C#CCCOS(C)(=O)=O. The standard InChI is InChI=1S/C9H16O3S/c1-9(2,3)7-5-6-8-12-13(4,10)11/h6,8H2,1-4H3. The van der Waals surface area contributed by atoms with E-state index in [-0.39, 0.29) is 12.0 Å². The zero-order chi connectivity index (χ0) is 10.5. The highest BCUT2D eigenvalue weighted by atomic mass is 32.2. The van der Waals surface area contributed by atoms with E-state index in [1.54, 1.807) is 0 Å². The van der Waals surface area contributed by atoms with Crippen LogP contribution in [0.15, 0.2) is 0 Å². The number of rotatable bonds is 3. The minimum Gasteiger partial charge on any atom is -0.269 e. The number of hydrogen-bond donors (Lipinski definition) is 0. The molecule has 13 heavy (non-hydrogen) atoms. The zero-order valence-electron chi connectivity index (χ0n) is 8.55. The maximum Gasteiger partial charge on any atom is 0.264 e. The molecule has 0 unspecified atom stereocenters. The summed E-state index contributed by atoms with van der Waals surface area (Å²) in [4.78, 5) is 0. The summed E-state index contributed by atoms with van der Waals surface area (Å²) < 4.78 is 25.6. The van der Waals surface area contributed by atoms with Crippen LogP contribution < -0.4 is 0 Å². The zero-order valence-corrected chi connectivity index (χ0v) is 9.36. The van der Waals surface area contributed by atoms with Crippen molar-refractivity contribution in [3.63, 3.8) is 0 Å². The Labute approximate surface area is 80.6 Å². The highest BCUT2D eigenvalue weighted by molar-refractivity contribution is 7.85. The molecule has 0 heterocycles. The van der Waals surface area contributed by atoms with Gasteiger partial charge in [0.15, 0.2) is 0 Å². The van der Waals surface area contributed by atoms with Gasteiger partial charge in [-0.15, -0.1) is 5.92 Å². The maximum atomic E-state index is 10.5. The monoisotopic (exact) mass is 204 g/mol. The van der Waals surface area contributed by atoms with Crippen molar-refractivity contribution in [2.45, 2.75) is 27.2 Å². The molecule has 0 radical (unpaired) electrons. The van der Waals surface area contributed by atoms with E-state index in [2.05, 4.69) is 16.0 Å². The molecule has 0 saturated carbocycles. The molecule has 0 aliphatic carbocycles. The van der Waals surface area contributed by atoms with Crippen molar-refractivity contribution >= 4 is 10.1 Å². The van der Waals surface area contributed by atoms with Crippen molar-refractivity contribution in [1.29, 1.82) is 0 Å². The molecule has 3 nitrogen and oxygen atoms in total. The third kappa shape index (κ3) is 11.5. The van der Waals surface area contributed by atoms with Crippen LogP contribution in [0.25, 0.3) is 0 Å². The molecule has 0 spiro atoms. The van der Waals surface area contributed by atoms with E-state index in [4.69, 9.17) is 0 Å². The smallest absolute Gasteiger partial charge is 0.264 e. The van der Waals surface area contributed by atoms with Crippen LogP contribution in [0.5, 0.6) is 0 Å². The fourth-order valence-corrected chi connectivity index (χ4v) is 0.958. The van der Waals surface area contributed by atoms with E-state index in [1.807, 2.05) is 20.8 Å². The van der Waals surface area contributed by atoms with Crippen LogP contribution in [0.1, 0.15) is 27.2 Å². The second-order valence-electron chi connectivity index (χ2n) is 3.83. The Kier molecular flexibility index (Phi) is 4.45. The Morgan fingerprint density at radius 3 is 2.23 bits per heavy atom. The first-order valence-corrected chi connectivity index (χ1v) is 5.87. The van der Waals surface area contributed by atoms with Crippen molar-refractivity contribution in [3.8, 4) is 11.8 Å². The normalized spacial score (nSPS) is 12.0. The van der Waals surface area contributed by atoms with Gasteiger partial charge in [0.25, 0.3) is 10.1 Å². The van der Waals surface area contributed by atoms with Gasteiger partial charge in [-0.3, -0.25) is 4.18 Å². The fourth-order valence-electron chi connectivity index (χ4n) is 0.572. The summed E-state index contributed by atoms with van der Waals surface area (Å²) in [6, 6.07) is 0. The van der Waals surface area contributed by atoms with Crippen molar-refractivity contribution in [2.75, 3.05) is 12.9 Å². The van der Waals surface area contributed by atoms with E-state index < -0.39 is 10.1 Å². The predicted molar refractivity (Wildman–Crippen MR) is 52.6 cm³/mol. The van der Waals surface area contributed by atoms with Crippen LogP contribution in [0, 0.1) is 17.3 Å². The molecule has 0 fully saturated rings. The Morgan fingerprint density at radius 2 is 1.85 bits per heavy atom. The van der Waals surface area contributed by atoms with Gasteiger partial charge in [-0.2, -0.15) is 8.42 Å². The summed E-state index contributed by atoms with van der Waals surface area (Å²) in [6.45, 7) is 6.13. The maximum absolute atomic E-state index is 10.5. The molecule has 0 rings (SSSR count). The highest BCUT2D eigenvalue weighted by Crippen LogP contribution is 2.09. The molecule has 0 atom stereocenters. The first-order chi connectivity index (χ1) is 5.71. The molecule has 0 amide bonds. The summed E-state index contributed by atoms with van der Waals surface area (Å²) in [6.07, 6.45) is 1.48. The Bertz CT molecular complexity index is 298. The van der Waals surface area contributed by atoms with Gasteiger partial charge in [0.1, 0.15) is 0 Å². The fraction of sp³-hybridized carbons (Fsp3) is 0.778. The average Bonchev–Trinajstić information content (AvgIpc) is 1.81. The van der Waals surface area contributed by atoms with E-state index >= 15 is 0 Å². The predicted octanol–water partition coefficient (Wildman–Crippen LogP) is 1.40. The van der Waals surface area contributed by atoms with Crippen LogP contribution >= 0.6 is 0 Å². The quantitative estimate of drug-likeness (QED) is 0.396. The van der Waals surface area contributed by atoms with Gasteiger partial charge >= 0.3 is 0 Å². The summed E-state index contributed by atoms with van der Waals surface area (Å²) in [5, 5.41) is 0. The van der Waals surface area contributed by atoms with Gasteiger partial charge in [0, 0.05) is 11.8 Å². The van der Waals surface area contributed by atoms with E-state index in [0.717, 1.165) is 6.26 Å². The molecule has 0 aromatic carbocycles. The van der Waals surface area contributed by atoms with Crippen LogP contribution in [0.2, 0.25) is 0 Å². The van der Waals surface area contributed by atoms with Crippen molar-refractivity contribution in [2.24, 2.45) is 5.41 Å². The molecule has 0 saturated heterocycles. The first-order valence-electron chi connectivity index (χ1n) is 4.05. The third-order valence-electron chi connectivity index (χ3n) is 0.988. The molecule has 0 aromatic heterocycles. The molecule has 76 valence electrons. The highest BCUT2D eigenvalue weighted by Gasteiger charge is 2.03. The summed E-state index contributed by atoms with van der Waals surface area (Å²) in [7, 11) is -3.31. The van der Waals surface area contributed by atoms with Gasteiger partial charge in [0.05, 0.1) is 12.9 Å². The van der Waals surface area contributed by atoms with Crippen molar-refractivity contribution in [1.82, 2.24) is 0 Å². The van der Waals surface area contributed by atoms with Gasteiger partial charge in [0.2, 0.25) is 0 Å². The minimum absolute atomic E-state index is 0.0366. The van der Waals surface area contributed by atoms with E-state index in [0.29, 0.717) is 6.42 Å². The molecule has 0 N–H and O–H groups in total. The van der Waals surface area contributed by atoms with Crippen LogP contribution in [-0.4, -0.2) is 21.3 Å². The largest absolute Gasteiger partial charge is 0.269 e. The lowest BCUT2D eigenvalue weighted by atomic mass is 9.98. The van der Waals surface area contributed by atoms with Gasteiger partial charge in [-0.05, 0) is 20.8 Å². The Morgan fingerprint density at radius 1 is 1.31 bits per heavy atom. The van der Waals surface area contributed by atoms with Crippen LogP contribution in [-0.2, 0) is 14.3 Å². The van der Waals surface area contributed by atoms with E-state index in [9.17, 15) is 8.42 Å². The lowest BCUT2D eigenvalue weighted by Crippen LogP contribution is -2.04. The minimum atomic E-state index is -3.31. The molecule has 0 bridgehead atoms. The first kappa shape index (κ1) is 12.5. The molecular formula is C9H16O3S. The van der Waals surface area contributed by atoms with E-state index in [1.165, 1.54) is 0 Å². The van der Waals surface area contributed by atoms with Gasteiger partial charge < -0.3 is 0 Å². The summed E-state index contributed by atoms with van der Waals surface area (Å²) in [5.41, 5.74) is -0.0366. The van der Waals surface area contributed by atoms with Gasteiger partial charge in [-0.1, -0.05) is 5.92 Å². The van der Waals surface area contributed by atoms with Crippen molar-refractivity contribution < 1.29 is 12.6 Å². The lowest BCUT2D eigenvalue weighted by Gasteiger charge is -2.06.